The lowest BCUT2D eigenvalue weighted by atomic mass is 10.0. The zero-order chi connectivity index (χ0) is 17.5. The van der Waals surface area contributed by atoms with E-state index in [-0.39, 0.29) is 5.91 Å². The fraction of sp³-hybridized carbons (Fsp3) is 0.0870. The molecule has 0 bridgehead atoms. The first-order chi connectivity index (χ1) is 12.2. The average Bonchev–Trinajstić information content (AvgIpc) is 2.64. The molecule has 2 nitrogen and oxygen atoms in total. The number of para-hydroxylation sites is 1. The molecule has 3 aromatic rings. The summed E-state index contributed by atoms with van der Waals surface area (Å²) in [6.45, 7) is 2.05. The number of aryl methyl sites for hydroxylation is 1. The summed E-state index contributed by atoms with van der Waals surface area (Å²) in [7, 11) is 0. The molecule has 0 radical (unpaired) electrons. The molecular weight excluding hydrogens is 306 g/mol. The number of benzene rings is 3. The Balaban J connectivity index is 1.70. The Morgan fingerprint density at radius 1 is 0.880 bits per heavy atom. The van der Waals surface area contributed by atoms with Gasteiger partial charge in [-0.2, -0.15) is 0 Å². The molecule has 1 N–H and O–H groups in total. The van der Waals surface area contributed by atoms with Crippen LogP contribution in [-0.2, 0) is 11.2 Å². The van der Waals surface area contributed by atoms with Gasteiger partial charge in [-0.3, -0.25) is 4.79 Å². The third kappa shape index (κ3) is 4.92. The summed E-state index contributed by atoms with van der Waals surface area (Å²) in [6.07, 6.45) is 4.19. The van der Waals surface area contributed by atoms with Crippen molar-refractivity contribution < 1.29 is 4.79 Å². The fourth-order valence-electron chi connectivity index (χ4n) is 2.64. The molecule has 0 atom stereocenters. The van der Waals surface area contributed by atoms with Crippen molar-refractivity contribution in [3.63, 3.8) is 0 Å². The largest absolute Gasteiger partial charge is 0.322 e. The summed E-state index contributed by atoms with van der Waals surface area (Å²) in [5.74, 6) is -0.124. The monoisotopic (exact) mass is 327 g/mol. The van der Waals surface area contributed by atoms with Gasteiger partial charge in [0.25, 0.3) is 0 Å². The van der Waals surface area contributed by atoms with Crippen molar-refractivity contribution >= 4 is 17.7 Å². The van der Waals surface area contributed by atoms with Crippen LogP contribution in [0.1, 0.15) is 22.3 Å². The van der Waals surface area contributed by atoms with Gasteiger partial charge < -0.3 is 5.32 Å². The van der Waals surface area contributed by atoms with Crippen molar-refractivity contribution in [1.82, 2.24) is 0 Å². The highest BCUT2D eigenvalue weighted by atomic mass is 16.1. The highest BCUT2D eigenvalue weighted by Crippen LogP contribution is 2.19. The zero-order valence-electron chi connectivity index (χ0n) is 14.3. The van der Waals surface area contributed by atoms with Crippen molar-refractivity contribution in [2.75, 3.05) is 5.32 Å². The quantitative estimate of drug-likeness (QED) is 0.638. The standard InChI is InChI=1S/C23H21NO/c1-18-11-13-19(14-12-18)15-16-23(25)24-22-10-6-5-9-21(22)17-20-7-3-2-4-8-20/h2-16H,17H2,1H3,(H,24,25)/b16-15+. The Morgan fingerprint density at radius 2 is 1.56 bits per heavy atom. The van der Waals surface area contributed by atoms with Crippen LogP contribution in [-0.4, -0.2) is 5.91 Å². The molecule has 0 unspecified atom stereocenters. The van der Waals surface area contributed by atoms with E-state index < -0.39 is 0 Å². The molecule has 1 amide bonds. The Hall–Kier alpha value is -3.13. The van der Waals surface area contributed by atoms with Gasteiger partial charge in [-0.05, 0) is 42.2 Å². The number of hydrogen-bond acceptors (Lipinski definition) is 1. The van der Waals surface area contributed by atoms with Gasteiger partial charge >= 0.3 is 0 Å². The maximum absolute atomic E-state index is 12.3. The molecule has 0 aliphatic heterocycles. The molecule has 3 aromatic carbocycles. The summed E-state index contributed by atoms with van der Waals surface area (Å²) >= 11 is 0. The first-order valence-electron chi connectivity index (χ1n) is 8.38. The molecule has 25 heavy (non-hydrogen) atoms. The van der Waals surface area contributed by atoms with E-state index in [0.717, 1.165) is 23.2 Å². The van der Waals surface area contributed by atoms with Gasteiger partial charge in [-0.25, -0.2) is 0 Å². The van der Waals surface area contributed by atoms with Crippen LogP contribution in [0, 0.1) is 6.92 Å². The Labute approximate surface area is 148 Å². The van der Waals surface area contributed by atoms with E-state index >= 15 is 0 Å². The Bertz CT molecular complexity index is 864. The number of carbonyl (C=O) groups is 1. The van der Waals surface area contributed by atoms with Gasteiger partial charge in [-0.1, -0.05) is 78.4 Å². The minimum absolute atomic E-state index is 0.124. The molecule has 0 spiro atoms. The molecule has 3 rings (SSSR count). The minimum Gasteiger partial charge on any atom is -0.322 e. The third-order valence-electron chi connectivity index (χ3n) is 4.02. The summed E-state index contributed by atoms with van der Waals surface area (Å²) in [5.41, 5.74) is 5.39. The second-order valence-corrected chi connectivity index (χ2v) is 6.05. The number of amides is 1. The van der Waals surface area contributed by atoms with E-state index in [1.54, 1.807) is 6.08 Å². The van der Waals surface area contributed by atoms with E-state index in [9.17, 15) is 4.79 Å². The van der Waals surface area contributed by atoms with E-state index in [1.807, 2.05) is 79.7 Å². The highest BCUT2D eigenvalue weighted by Gasteiger charge is 2.05. The number of carbonyl (C=O) groups excluding carboxylic acids is 1. The maximum Gasteiger partial charge on any atom is 0.248 e. The van der Waals surface area contributed by atoms with Gasteiger partial charge in [-0.15, -0.1) is 0 Å². The normalized spacial score (nSPS) is 10.8. The van der Waals surface area contributed by atoms with Gasteiger partial charge in [0.15, 0.2) is 0 Å². The number of nitrogens with one attached hydrogen (secondary N) is 1. The molecule has 0 saturated heterocycles. The van der Waals surface area contributed by atoms with Gasteiger partial charge in [0.2, 0.25) is 5.91 Å². The lowest BCUT2D eigenvalue weighted by Crippen LogP contribution is -2.10. The predicted molar refractivity (Wildman–Crippen MR) is 105 cm³/mol. The Kier molecular flexibility index (Phi) is 5.43. The lowest BCUT2D eigenvalue weighted by Gasteiger charge is -2.10. The summed E-state index contributed by atoms with van der Waals surface area (Å²) in [4.78, 5) is 12.3. The molecule has 0 aliphatic rings. The summed E-state index contributed by atoms with van der Waals surface area (Å²) in [6, 6.07) is 26.2. The highest BCUT2D eigenvalue weighted by molar-refractivity contribution is 6.02. The van der Waals surface area contributed by atoms with Crippen LogP contribution in [0.5, 0.6) is 0 Å². The van der Waals surface area contributed by atoms with Crippen LogP contribution >= 0.6 is 0 Å². The van der Waals surface area contributed by atoms with Crippen LogP contribution < -0.4 is 5.32 Å². The van der Waals surface area contributed by atoms with E-state index in [2.05, 4.69) is 17.4 Å². The van der Waals surface area contributed by atoms with E-state index in [1.165, 1.54) is 11.1 Å². The minimum atomic E-state index is -0.124. The van der Waals surface area contributed by atoms with Crippen molar-refractivity contribution in [3.05, 3.63) is 107 Å². The first kappa shape index (κ1) is 16.7. The van der Waals surface area contributed by atoms with Crippen molar-refractivity contribution in [3.8, 4) is 0 Å². The smallest absolute Gasteiger partial charge is 0.248 e. The van der Waals surface area contributed by atoms with Gasteiger partial charge in [0, 0.05) is 11.8 Å². The SMILES string of the molecule is Cc1ccc(/C=C/C(=O)Nc2ccccc2Cc2ccccc2)cc1. The maximum atomic E-state index is 12.3. The second kappa shape index (κ2) is 8.11. The summed E-state index contributed by atoms with van der Waals surface area (Å²) in [5, 5.41) is 2.99. The topological polar surface area (TPSA) is 29.1 Å². The molecule has 0 heterocycles. The fourth-order valence-corrected chi connectivity index (χ4v) is 2.64. The van der Waals surface area contributed by atoms with E-state index in [0.29, 0.717) is 0 Å². The van der Waals surface area contributed by atoms with Gasteiger partial charge in [0.1, 0.15) is 0 Å². The van der Waals surface area contributed by atoms with E-state index in [4.69, 9.17) is 0 Å². The number of anilines is 1. The predicted octanol–water partition coefficient (Wildman–Crippen LogP) is 5.24. The number of rotatable bonds is 5. The van der Waals surface area contributed by atoms with Crippen LogP contribution in [0.15, 0.2) is 84.9 Å². The van der Waals surface area contributed by atoms with Crippen LogP contribution in [0.4, 0.5) is 5.69 Å². The molecule has 0 aliphatic carbocycles. The van der Waals surface area contributed by atoms with Crippen molar-refractivity contribution in [2.24, 2.45) is 0 Å². The average molecular weight is 327 g/mol. The number of hydrogen-bond donors (Lipinski definition) is 1. The first-order valence-corrected chi connectivity index (χ1v) is 8.38. The molecule has 2 heteroatoms. The third-order valence-corrected chi connectivity index (χ3v) is 4.02. The Morgan fingerprint density at radius 3 is 2.32 bits per heavy atom. The van der Waals surface area contributed by atoms with Crippen LogP contribution in [0.3, 0.4) is 0 Å². The summed E-state index contributed by atoms with van der Waals surface area (Å²) < 4.78 is 0. The van der Waals surface area contributed by atoms with Crippen LogP contribution in [0.2, 0.25) is 0 Å². The molecule has 0 fully saturated rings. The molecule has 0 aromatic heterocycles. The molecule has 0 saturated carbocycles. The van der Waals surface area contributed by atoms with Crippen LogP contribution in [0.25, 0.3) is 6.08 Å². The lowest BCUT2D eigenvalue weighted by molar-refractivity contribution is -0.111. The molecule has 124 valence electrons. The zero-order valence-corrected chi connectivity index (χ0v) is 14.3. The van der Waals surface area contributed by atoms with Crippen molar-refractivity contribution in [1.29, 1.82) is 0 Å². The second-order valence-electron chi connectivity index (χ2n) is 6.05. The molecular formula is C23H21NO. The van der Waals surface area contributed by atoms with Gasteiger partial charge in [0.05, 0.1) is 0 Å². The van der Waals surface area contributed by atoms with Crippen molar-refractivity contribution in [2.45, 2.75) is 13.3 Å².